The fraction of sp³-hybridized carbons (Fsp3) is 0.409. The van der Waals surface area contributed by atoms with E-state index in [1.165, 1.54) is 18.2 Å². The molecule has 2 fully saturated rings. The lowest BCUT2D eigenvalue weighted by Gasteiger charge is -2.17. The second-order valence-electron chi connectivity index (χ2n) is 7.47. The fourth-order valence-electron chi connectivity index (χ4n) is 4.00. The van der Waals surface area contributed by atoms with Gasteiger partial charge in [-0.05, 0) is 55.2 Å². The molecule has 2 N–H and O–H groups in total. The lowest BCUT2D eigenvalue weighted by Crippen LogP contribution is -2.33. The van der Waals surface area contributed by atoms with Gasteiger partial charge in [-0.15, -0.1) is 0 Å². The van der Waals surface area contributed by atoms with Gasteiger partial charge in [-0.2, -0.15) is 12.6 Å². The third kappa shape index (κ3) is 4.08. The second kappa shape index (κ2) is 8.62. The number of rotatable bonds is 3. The summed E-state index contributed by atoms with van der Waals surface area (Å²) in [5.41, 5.74) is 8.23. The van der Waals surface area contributed by atoms with Crippen LogP contribution in [0.1, 0.15) is 29.9 Å². The Hall–Kier alpha value is -1.92. The highest BCUT2D eigenvalue weighted by Gasteiger charge is 2.47. The van der Waals surface area contributed by atoms with Gasteiger partial charge < -0.3 is 10.6 Å². The summed E-state index contributed by atoms with van der Waals surface area (Å²) < 4.78 is 28.7. The minimum atomic E-state index is -0.578. The maximum Gasteiger partial charge on any atom is 0.226 e. The van der Waals surface area contributed by atoms with Crippen LogP contribution in [-0.4, -0.2) is 36.2 Å². The summed E-state index contributed by atoms with van der Waals surface area (Å²) >= 11 is 3.53. The third-order valence-electron chi connectivity index (χ3n) is 5.48. The minimum absolute atomic E-state index is 0.00695. The predicted molar refractivity (Wildman–Crippen MR) is 111 cm³/mol. The number of nitrogens with two attached hydrogens (primary N) is 1. The van der Waals surface area contributed by atoms with Gasteiger partial charge in [0.25, 0.3) is 0 Å². The number of likely N-dealkylation sites (tertiary alicyclic amines) is 1. The van der Waals surface area contributed by atoms with Gasteiger partial charge in [-0.3, -0.25) is 4.79 Å². The Morgan fingerprint density at radius 2 is 1.86 bits per heavy atom. The molecule has 0 aromatic heterocycles. The SMILES string of the molecule is CS.Cc1ccc(C2CC2C(=O)N2CCC(N)C2)c(-c2c(F)cccc2F)c1. The van der Waals surface area contributed by atoms with Gasteiger partial charge >= 0.3 is 0 Å². The van der Waals surface area contributed by atoms with Crippen LogP contribution in [0.5, 0.6) is 0 Å². The van der Waals surface area contributed by atoms with E-state index in [1.807, 2.05) is 30.0 Å². The van der Waals surface area contributed by atoms with E-state index in [1.54, 1.807) is 6.26 Å². The molecule has 0 bridgehead atoms. The molecule has 3 nitrogen and oxygen atoms in total. The highest BCUT2D eigenvalue weighted by Crippen LogP contribution is 2.52. The molecule has 0 radical (unpaired) electrons. The van der Waals surface area contributed by atoms with Crippen molar-refractivity contribution < 1.29 is 13.6 Å². The van der Waals surface area contributed by atoms with Gasteiger partial charge in [-0.1, -0.05) is 29.8 Å². The van der Waals surface area contributed by atoms with Crippen molar-refractivity contribution in [2.75, 3.05) is 19.3 Å². The number of carbonyl (C=O) groups excluding carboxylic acids is 1. The van der Waals surface area contributed by atoms with E-state index in [9.17, 15) is 13.6 Å². The molecule has 1 heterocycles. The lowest BCUT2D eigenvalue weighted by atomic mass is 9.93. The molecular formula is C22H26F2N2OS. The highest BCUT2D eigenvalue weighted by molar-refractivity contribution is 7.79. The van der Waals surface area contributed by atoms with Crippen molar-refractivity contribution in [1.29, 1.82) is 0 Å². The molecule has 6 heteroatoms. The normalized spacial score (nSPS) is 23.2. The Morgan fingerprint density at radius 3 is 2.46 bits per heavy atom. The molecule has 1 amide bonds. The molecule has 1 aliphatic heterocycles. The second-order valence-corrected chi connectivity index (χ2v) is 7.47. The molecule has 2 aliphatic rings. The van der Waals surface area contributed by atoms with Crippen molar-refractivity contribution in [2.24, 2.45) is 11.7 Å². The van der Waals surface area contributed by atoms with Gasteiger partial charge in [-0.25, -0.2) is 8.78 Å². The minimum Gasteiger partial charge on any atom is -0.341 e. The van der Waals surface area contributed by atoms with E-state index < -0.39 is 11.6 Å². The summed E-state index contributed by atoms with van der Waals surface area (Å²) in [5.74, 6) is -1.15. The Balaban J connectivity index is 0.00000109. The van der Waals surface area contributed by atoms with Gasteiger partial charge in [0.05, 0.1) is 5.56 Å². The van der Waals surface area contributed by atoms with E-state index in [0.717, 1.165) is 24.0 Å². The lowest BCUT2D eigenvalue weighted by molar-refractivity contribution is -0.131. The Labute approximate surface area is 170 Å². The summed E-state index contributed by atoms with van der Waals surface area (Å²) in [4.78, 5) is 14.5. The number of aryl methyl sites for hydroxylation is 1. The van der Waals surface area contributed by atoms with Crippen LogP contribution in [0.2, 0.25) is 0 Å². The number of amides is 1. The number of hydrogen-bond acceptors (Lipinski definition) is 3. The van der Waals surface area contributed by atoms with E-state index in [4.69, 9.17) is 5.73 Å². The smallest absolute Gasteiger partial charge is 0.226 e. The Kier molecular flexibility index (Phi) is 6.40. The van der Waals surface area contributed by atoms with Crippen LogP contribution in [0.15, 0.2) is 36.4 Å². The van der Waals surface area contributed by atoms with Crippen molar-refractivity contribution in [1.82, 2.24) is 4.90 Å². The highest BCUT2D eigenvalue weighted by atomic mass is 32.1. The number of halogens is 2. The predicted octanol–water partition coefficient (Wildman–Crippen LogP) is 4.15. The number of nitrogens with zero attached hydrogens (tertiary/aromatic N) is 1. The summed E-state index contributed by atoms with van der Waals surface area (Å²) in [6.07, 6.45) is 3.25. The first-order valence-electron chi connectivity index (χ1n) is 9.49. The molecule has 1 saturated carbocycles. The van der Waals surface area contributed by atoms with Crippen LogP contribution in [0.25, 0.3) is 11.1 Å². The van der Waals surface area contributed by atoms with Crippen molar-refractivity contribution in [2.45, 2.75) is 31.7 Å². The number of benzene rings is 2. The molecule has 2 aromatic carbocycles. The molecule has 150 valence electrons. The first-order valence-corrected chi connectivity index (χ1v) is 10.4. The van der Waals surface area contributed by atoms with E-state index in [-0.39, 0.29) is 29.3 Å². The van der Waals surface area contributed by atoms with Crippen LogP contribution in [0.4, 0.5) is 8.78 Å². The van der Waals surface area contributed by atoms with Crippen LogP contribution in [0.3, 0.4) is 0 Å². The zero-order valence-corrected chi connectivity index (χ0v) is 17.1. The van der Waals surface area contributed by atoms with Crippen molar-refractivity contribution >= 4 is 18.5 Å². The maximum absolute atomic E-state index is 14.3. The number of thiol groups is 1. The molecule has 2 aromatic rings. The summed E-state index contributed by atoms with van der Waals surface area (Å²) in [7, 11) is 0. The van der Waals surface area contributed by atoms with Crippen molar-refractivity contribution in [3.63, 3.8) is 0 Å². The van der Waals surface area contributed by atoms with Crippen LogP contribution >= 0.6 is 12.6 Å². The molecule has 1 saturated heterocycles. The summed E-state index contributed by atoms with van der Waals surface area (Å²) in [5, 5.41) is 0. The van der Waals surface area contributed by atoms with Crippen molar-refractivity contribution in [3.05, 3.63) is 59.2 Å². The average molecular weight is 405 g/mol. The molecule has 1 aliphatic carbocycles. The first-order chi connectivity index (χ1) is 13.5. The summed E-state index contributed by atoms with van der Waals surface area (Å²) in [6, 6.07) is 9.61. The zero-order chi connectivity index (χ0) is 20.4. The van der Waals surface area contributed by atoms with Gasteiger partial charge in [0.15, 0.2) is 0 Å². The Morgan fingerprint density at radius 1 is 1.18 bits per heavy atom. The third-order valence-corrected chi connectivity index (χ3v) is 5.48. The number of carbonyl (C=O) groups is 1. The quantitative estimate of drug-likeness (QED) is 0.755. The largest absolute Gasteiger partial charge is 0.341 e. The average Bonchev–Trinajstić information content (AvgIpc) is 3.35. The molecule has 3 atom stereocenters. The molecule has 0 spiro atoms. The number of hydrogen-bond donors (Lipinski definition) is 2. The Bertz CT molecular complexity index is 853. The molecule has 28 heavy (non-hydrogen) atoms. The fourth-order valence-corrected chi connectivity index (χ4v) is 4.00. The summed E-state index contributed by atoms with van der Waals surface area (Å²) in [6.45, 7) is 3.20. The van der Waals surface area contributed by atoms with Crippen LogP contribution < -0.4 is 5.73 Å². The molecular weight excluding hydrogens is 378 g/mol. The van der Waals surface area contributed by atoms with E-state index in [2.05, 4.69) is 12.6 Å². The van der Waals surface area contributed by atoms with Crippen molar-refractivity contribution in [3.8, 4) is 11.1 Å². The van der Waals surface area contributed by atoms with Gasteiger partial charge in [0.1, 0.15) is 11.6 Å². The topological polar surface area (TPSA) is 46.3 Å². The van der Waals surface area contributed by atoms with Crippen LogP contribution in [0, 0.1) is 24.5 Å². The van der Waals surface area contributed by atoms with Gasteiger partial charge in [0.2, 0.25) is 5.91 Å². The molecule has 4 rings (SSSR count). The maximum atomic E-state index is 14.3. The first kappa shape index (κ1) is 20.8. The monoisotopic (exact) mass is 404 g/mol. The zero-order valence-electron chi connectivity index (χ0n) is 16.2. The standard InChI is InChI=1S/C21H22F2N2O.CH4S/c1-12-5-6-14(16(9-12)20-18(22)3-2-4-19(20)23)15-10-17(15)21(26)25-8-7-13(24)11-25;1-2/h2-6,9,13,15,17H,7-8,10-11,24H2,1H3;2H,1H3. The van der Waals surface area contributed by atoms with Crippen LogP contribution in [-0.2, 0) is 4.79 Å². The molecule has 3 unspecified atom stereocenters. The van der Waals surface area contributed by atoms with E-state index >= 15 is 0 Å². The van der Waals surface area contributed by atoms with E-state index in [0.29, 0.717) is 18.7 Å². The van der Waals surface area contributed by atoms with Gasteiger partial charge in [0, 0.05) is 25.0 Å².